The molecular formula is C24H25N3O4. The molecule has 7 nitrogen and oxygen atoms in total. The van der Waals surface area contributed by atoms with E-state index in [0.717, 1.165) is 40.0 Å². The summed E-state index contributed by atoms with van der Waals surface area (Å²) in [5, 5.41) is 6.78. The molecule has 0 aliphatic carbocycles. The van der Waals surface area contributed by atoms with E-state index in [0.29, 0.717) is 0 Å². The van der Waals surface area contributed by atoms with Crippen molar-refractivity contribution in [3.63, 3.8) is 0 Å². The zero-order valence-electron chi connectivity index (χ0n) is 18.0. The third kappa shape index (κ3) is 4.00. The van der Waals surface area contributed by atoms with E-state index in [9.17, 15) is 0 Å². The Kier molecular flexibility index (Phi) is 5.95. The molecule has 7 heteroatoms. The van der Waals surface area contributed by atoms with Crippen molar-refractivity contribution in [2.75, 3.05) is 38.3 Å². The molecule has 0 saturated carbocycles. The Bertz CT molecular complexity index is 1030. The van der Waals surface area contributed by atoms with Crippen LogP contribution >= 0.6 is 0 Å². The lowest BCUT2D eigenvalue weighted by molar-refractivity contribution is 0.114. The van der Waals surface area contributed by atoms with Crippen LogP contribution in [-0.4, -0.2) is 40.6 Å². The second-order valence-electron chi connectivity index (χ2n) is 6.82. The lowest BCUT2D eigenvalue weighted by Crippen LogP contribution is -2.44. The first-order valence-electron chi connectivity index (χ1n) is 9.81. The molecule has 0 N–H and O–H groups in total. The van der Waals surface area contributed by atoms with Crippen molar-refractivity contribution in [3.05, 3.63) is 78.4 Å². The number of hydrogen-bond donors (Lipinski definition) is 0. The standard InChI is InChI=1S/C24H25N3O4/c1-28-20-11-5-17(6-12-20)23-25-27(19-9-15-22(30-3)16-10-19)24(31-4)26(23)18-7-13-21(29-2)14-8-18/h5-16,24H,1-4H3. The summed E-state index contributed by atoms with van der Waals surface area (Å²) in [4.78, 5) is 2.05. The van der Waals surface area contributed by atoms with E-state index in [-0.39, 0.29) is 0 Å². The molecule has 0 amide bonds. The number of rotatable bonds is 7. The van der Waals surface area contributed by atoms with E-state index < -0.39 is 6.35 Å². The van der Waals surface area contributed by atoms with Crippen LogP contribution in [0.1, 0.15) is 5.56 Å². The van der Waals surface area contributed by atoms with Gasteiger partial charge in [-0.25, -0.2) is 5.01 Å². The molecule has 160 valence electrons. The molecule has 3 aromatic rings. The van der Waals surface area contributed by atoms with Gasteiger partial charge < -0.3 is 18.9 Å². The van der Waals surface area contributed by atoms with E-state index in [1.54, 1.807) is 28.4 Å². The maximum absolute atomic E-state index is 5.91. The number of hydrazone groups is 1. The van der Waals surface area contributed by atoms with Gasteiger partial charge in [0.15, 0.2) is 5.84 Å². The summed E-state index contributed by atoms with van der Waals surface area (Å²) in [6.07, 6.45) is -0.473. The van der Waals surface area contributed by atoms with Crippen LogP contribution in [0.5, 0.6) is 17.2 Å². The third-order valence-electron chi connectivity index (χ3n) is 5.11. The predicted molar refractivity (Wildman–Crippen MR) is 121 cm³/mol. The van der Waals surface area contributed by atoms with Gasteiger partial charge in [-0.3, -0.25) is 4.90 Å². The first kappa shape index (κ1) is 20.6. The largest absolute Gasteiger partial charge is 0.497 e. The highest BCUT2D eigenvalue weighted by Crippen LogP contribution is 2.34. The highest BCUT2D eigenvalue weighted by atomic mass is 16.5. The van der Waals surface area contributed by atoms with Crippen LogP contribution in [0.4, 0.5) is 11.4 Å². The Morgan fingerprint density at radius 1 is 0.613 bits per heavy atom. The number of benzene rings is 3. The second-order valence-corrected chi connectivity index (χ2v) is 6.82. The SMILES string of the molecule is COc1ccc(C2=NN(c3ccc(OC)cc3)C(OC)N2c2ccc(OC)cc2)cc1. The fourth-order valence-electron chi connectivity index (χ4n) is 3.47. The minimum absolute atomic E-state index is 0.473. The normalized spacial score (nSPS) is 15.6. The number of nitrogens with zero attached hydrogens (tertiary/aromatic N) is 3. The molecule has 1 unspecified atom stereocenters. The minimum Gasteiger partial charge on any atom is -0.497 e. The molecule has 1 aliphatic rings. The van der Waals surface area contributed by atoms with Crippen LogP contribution in [0.25, 0.3) is 0 Å². The monoisotopic (exact) mass is 419 g/mol. The van der Waals surface area contributed by atoms with Crippen LogP contribution in [0.3, 0.4) is 0 Å². The molecule has 0 bridgehead atoms. The molecule has 31 heavy (non-hydrogen) atoms. The van der Waals surface area contributed by atoms with Crippen molar-refractivity contribution in [2.24, 2.45) is 5.10 Å². The Balaban J connectivity index is 1.79. The average Bonchev–Trinajstić information content (AvgIpc) is 3.23. The van der Waals surface area contributed by atoms with E-state index >= 15 is 0 Å². The van der Waals surface area contributed by atoms with Crippen molar-refractivity contribution in [1.29, 1.82) is 0 Å². The van der Waals surface area contributed by atoms with Gasteiger partial charge in [-0.05, 0) is 72.8 Å². The highest BCUT2D eigenvalue weighted by molar-refractivity contribution is 6.12. The highest BCUT2D eigenvalue weighted by Gasteiger charge is 2.37. The Morgan fingerprint density at radius 3 is 1.52 bits per heavy atom. The molecule has 1 heterocycles. The van der Waals surface area contributed by atoms with Crippen LogP contribution < -0.4 is 24.1 Å². The Hall–Kier alpha value is -3.71. The predicted octanol–water partition coefficient (Wildman–Crippen LogP) is 4.33. The fraction of sp³-hybridized carbons (Fsp3) is 0.208. The number of hydrogen-bond acceptors (Lipinski definition) is 7. The summed E-state index contributed by atoms with van der Waals surface area (Å²) >= 11 is 0. The molecule has 1 aliphatic heterocycles. The Morgan fingerprint density at radius 2 is 1.06 bits per heavy atom. The number of amidine groups is 1. The zero-order valence-corrected chi connectivity index (χ0v) is 18.0. The third-order valence-corrected chi connectivity index (χ3v) is 5.11. The summed E-state index contributed by atoms with van der Waals surface area (Å²) in [6.45, 7) is 0. The van der Waals surface area contributed by atoms with Gasteiger partial charge in [-0.1, -0.05) is 0 Å². The van der Waals surface area contributed by atoms with E-state index in [4.69, 9.17) is 24.0 Å². The maximum atomic E-state index is 5.91. The van der Waals surface area contributed by atoms with Gasteiger partial charge in [-0.15, -0.1) is 5.10 Å². The minimum atomic E-state index is -0.473. The quantitative estimate of drug-likeness (QED) is 0.568. The average molecular weight is 419 g/mol. The molecule has 0 aromatic heterocycles. The van der Waals surface area contributed by atoms with Crippen molar-refractivity contribution in [1.82, 2.24) is 0 Å². The van der Waals surface area contributed by atoms with Gasteiger partial charge in [0.2, 0.25) is 6.35 Å². The number of ether oxygens (including phenoxy) is 4. The lowest BCUT2D eigenvalue weighted by atomic mass is 10.1. The Labute approximate surface area is 182 Å². The van der Waals surface area contributed by atoms with Gasteiger partial charge in [0.25, 0.3) is 0 Å². The second kappa shape index (κ2) is 8.97. The van der Waals surface area contributed by atoms with Crippen molar-refractivity contribution < 1.29 is 18.9 Å². The first-order chi connectivity index (χ1) is 15.2. The van der Waals surface area contributed by atoms with Crippen molar-refractivity contribution >= 4 is 17.2 Å². The van der Waals surface area contributed by atoms with Gasteiger partial charge >= 0.3 is 0 Å². The molecule has 4 rings (SSSR count). The molecule has 1 atom stereocenters. The molecule has 0 saturated heterocycles. The van der Waals surface area contributed by atoms with Gasteiger partial charge in [-0.2, -0.15) is 0 Å². The molecule has 3 aromatic carbocycles. The smallest absolute Gasteiger partial charge is 0.235 e. The number of methoxy groups -OCH3 is 4. The van der Waals surface area contributed by atoms with Crippen molar-refractivity contribution in [3.8, 4) is 17.2 Å². The molecule has 0 fully saturated rings. The van der Waals surface area contributed by atoms with Crippen molar-refractivity contribution in [2.45, 2.75) is 6.35 Å². The van der Waals surface area contributed by atoms with Crippen LogP contribution in [0, 0.1) is 0 Å². The summed E-state index contributed by atoms with van der Waals surface area (Å²) < 4.78 is 21.8. The molecule has 0 radical (unpaired) electrons. The van der Waals surface area contributed by atoms with E-state index in [1.165, 1.54) is 0 Å². The van der Waals surface area contributed by atoms with Gasteiger partial charge in [0, 0.05) is 18.4 Å². The van der Waals surface area contributed by atoms with Crippen LogP contribution in [-0.2, 0) is 4.74 Å². The first-order valence-corrected chi connectivity index (χ1v) is 9.81. The summed E-state index contributed by atoms with van der Waals surface area (Å²) in [6, 6.07) is 23.3. The van der Waals surface area contributed by atoms with Crippen LogP contribution in [0.2, 0.25) is 0 Å². The summed E-state index contributed by atoms with van der Waals surface area (Å²) in [5.74, 6) is 3.11. The summed E-state index contributed by atoms with van der Waals surface area (Å²) in [7, 11) is 6.62. The van der Waals surface area contributed by atoms with Gasteiger partial charge in [0.1, 0.15) is 17.2 Å². The molecular weight excluding hydrogens is 394 g/mol. The number of anilines is 2. The lowest BCUT2D eigenvalue weighted by Gasteiger charge is -2.30. The van der Waals surface area contributed by atoms with Crippen LogP contribution in [0.15, 0.2) is 77.9 Å². The summed E-state index contributed by atoms with van der Waals surface area (Å²) in [5.41, 5.74) is 2.75. The maximum Gasteiger partial charge on any atom is 0.235 e. The zero-order chi connectivity index (χ0) is 21.8. The molecule has 0 spiro atoms. The van der Waals surface area contributed by atoms with E-state index in [1.807, 2.05) is 82.7 Å². The fourth-order valence-corrected chi connectivity index (χ4v) is 3.47. The van der Waals surface area contributed by atoms with E-state index in [2.05, 4.69) is 0 Å². The van der Waals surface area contributed by atoms with Gasteiger partial charge in [0.05, 0.1) is 27.0 Å². The topological polar surface area (TPSA) is 55.8 Å².